The molecule has 0 bridgehead atoms. The number of carbonyl (C=O) groups excluding carboxylic acids is 1. The van der Waals surface area contributed by atoms with Crippen LogP contribution in [0.2, 0.25) is 0 Å². The third-order valence-corrected chi connectivity index (χ3v) is 3.89. The molecule has 0 saturated heterocycles. The molecule has 94 valence electrons. The van der Waals surface area contributed by atoms with Crippen molar-refractivity contribution >= 4 is 22.8 Å². The molecule has 0 amide bonds. The van der Waals surface area contributed by atoms with Crippen molar-refractivity contribution in [2.45, 2.75) is 13.8 Å². The van der Waals surface area contributed by atoms with E-state index in [0.717, 1.165) is 15.3 Å². The van der Waals surface area contributed by atoms with Crippen LogP contribution in [-0.4, -0.2) is 12.9 Å². The summed E-state index contributed by atoms with van der Waals surface area (Å²) in [6.45, 7) is 3.95. The quantitative estimate of drug-likeness (QED) is 0.682. The van der Waals surface area contributed by atoms with Gasteiger partial charge < -0.3 is 10.5 Å². The highest BCUT2D eigenvalue weighted by atomic mass is 32.1. The van der Waals surface area contributed by atoms with E-state index in [-0.39, 0.29) is 5.78 Å². The van der Waals surface area contributed by atoms with Gasteiger partial charge in [0.25, 0.3) is 0 Å². The van der Waals surface area contributed by atoms with Gasteiger partial charge >= 0.3 is 0 Å². The zero-order valence-electron chi connectivity index (χ0n) is 10.6. The Labute approximate surface area is 110 Å². The minimum absolute atomic E-state index is 0.0175. The fourth-order valence-corrected chi connectivity index (χ4v) is 2.84. The van der Waals surface area contributed by atoms with E-state index < -0.39 is 0 Å². The van der Waals surface area contributed by atoms with E-state index in [1.165, 1.54) is 11.3 Å². The number of ether oxygens (including phenoxy) is 1. The van der Waals surface area contributed by atoms with Crippen molar-refractivity contribution < 1.29 is 9.53 Å². The number of rotatable bonds is 3. The number of benzene rings is 1. The molecule has 18 heavy (non-hydrogen) atoms. The SMILES string of the molecule is COc1cc(C(=O)c2sc(C)cc2C)ccc1N. The summed E-state index contributed by atoms with van der Waals surface area (Å²) in [5.41, 5.74) is 7.89. The molecule has 2 rings (SSSR count). The lowest BCUT2D eigenvalue weighted by Crippen LogP contribution is -2.02. The van der Waals surface area contributed by atoms with Crippen molar-refractivity contribution in [1.29, 1.82) is 0 Å². The summed E-state index contributed by atoms with van der Waals surface area (Å²) in [5, 5.41) is 0. The van der Waals surface area contributed by atoms with Crippen molar-refractivity contribution in [1.82, 2.24) is 0 Å². The van der Waals surface area contributed by atoms with Crippen LogP contribution in [0.4, 0.5) is 5.69 Å². The fraction of sp³-hybridized carbons (Fsp3) is 0.214. The first kappa shape index (κ1) is 12.6. The van der Waals surface area contributed by atoms with Gasteiger partial charge in [-0.2, -0.15) is 0 Å². The van der Waals surface area contributed by atoms with Gasteiger partial charge in [-0.1, -0.05) is 0 Å². The number of nitrogen functional groups attached to an aromatic ring is 1. The average Bonchev–Trinajstić information content (AvgIpc) is 2.68. The van der Waals surface area contributed by atoms with E-state index in [2.05, 4.69) is 0 Å². The van der Waals surface area contributed by atoms with Gasteiger partial charge in [-0.25, -0.2) is 0 Å². The molecule has 1 aromatic heterocycles. The van der Waals surface area contributed by atoms with Gasteiger partial charge in [-0.05, 0) is 43.7 Å². The smallest absolute Gasteiger partial charge is 0.203 e. The molecule has 0 radical (unpaired) electrons. The first-order chi connectivity index (χ1) is 8.52. The normalized spacial score (nSPS) is 10.4. The largest absolute Gasteiger partial charge is 0.495 e. The molecule has 0 saturated carbocycles. The second-order valence-electron chi connectivity index (χ2n) is 4.16. The molecule has 2 N–H and O–H groups in total. The van der Waals surface area contributed by atoms with E-state index in [1.54, 1.807) is 25.3 Å². The second-order valence-corrected chi connectivity index (χ2v) is 5.41. The maximum atomic E-state index is 12.4. The molecule has 0 atom stereocenters. The summed E-state index contributed by atoms with van der Waals surface area (Å²) in [6, 6.07) is 7.13. The summed E-state index contributed by atoms with van der Waals surface area (Å²) in [6.07, 6.45) is 0. The van der Waals surface area contributed by atoms with Gasteiger partial charge in [0.2, 0.25) is 5.78 Å². The fourth-order valence-electron chi connectivity index (χ4n) is 1.85. The number of methoxy groups -OCH3 is 1. The number of anilines is 1. The van der Waals surface area contributed by atoms with Crippen LogP contribution in [0, 0.1) is 13.8 Å². The number of ketones is 1. The molecule has 3 nitrogen and oxygen atoms in total. The monoisotopic (exact) mass is 261 g/mol. The lowest BCUT2D eigenvalue weighted by atomic mass is 10.1. The standard InChI is InChI=1S/C14H15NO2S/c1-8-6-9(2)18-14(8)13(16)10-4-5-11(15)12(7-10)17-3/h4-7H,15H2,1-3H3. The Kier molecular flexibility index (Phi) is 3.39. The minimum atomic E-state index is 0.0175. The minimum Gasteiger partial charge on any atom is -0.495 e. The Balaban J connectivity index is 2.43. The van der Waals surface area contributed by atoms with Crippen LogP contribution in [0.25, 0.3) is 0 Å². The number of nitrogens with two attached hydrogens (primary N) is 1. The van der Waals surface area contributed by atoms with E-state index in [9.17, 15) is 4.79 Å². The second kappa shape index (κ2) is 4.82. The molecule has 0 aliphatic rings. The Morgan fingerprint density at radius 2 is 2.00 bits per heavy atom. The van der Waals surface area contributed by atoms with E-state index in [1.807, 2.05) is 19.9 Å². The van der Waals surface area contributed by atoms with Crippen LogP contribution >= 0.6 is 11.3 Å². The molecule has 0 unspecified atom stereocenters. The molecule has 0 aliphatic carbocycles. The van der Waals surface area contributed by atoms with Crippen LogP contribution < -0.4 is 10.5 Å². The molecular formula is C14H15NO2S. The van der Waals surface area contributed by atoms with Gasteiger partial charge in [0.15, 0.2) is 0 Å². The average molecular weight is 261 g/mol. The topological polar surface area (TPSA) is 52.3 Å². The summed E-state index contributed by atoms with van der Waals surface area (Å²) in [4.78, 5) is 14.3. The number of thiophene rings is 1. The molecule has 2 aromatic rings. The van der Waals surface area contributed by atoms with Gasteiger partial charge in [0.1, 0.15) is 5.75 Å². The summed E-state index contributed by atoms with van der Waals surface area (Å²) in [5.74, 6) is 0.552. The lowest BCUT2D eigenvalue weighted by Gasteiger charge is -2.06. The highest BCUT2D eigenvalue weighted by molar-refractivity contribution is 7.14. The first-order valence-corrected chi connectivity index (χ1v) is 6.40. The number of aryl methyl sites for hydroxylation is 2. The third kappa shape index (κ3) is 2.24. The molecule has 0 fully saturated rings. The Bertz CT molecular complexity index is 602. The van der Waals surface area contributed by atoms with Crippen molar-refractivity contribution in [3.63, 3.8) is 0 Å². The Morgan fingerprint density at radius 3 is 2.56 bits per heavy atom. The third-order valence-electron chi connectivity index (χ3n) is 2.74. The van der Waals surface area contributed by atoms with Crippen molar-refractivity contribution in [3.05, 3.63) is 45.1 Å². The maximum absolute atomic E-state index is 12.4. The van der Waals surface area contributed by atoms with Crippen LogP contribution in [0.1, 0.15) is 25.7 Å². The number of hydrogen-bond acceptors (Lipinski definition) is 4. The molecule has 0 aliphatic heterocycles. The highest BCUT2D eigenvalue weighted by Crippen LogP contribution is 2.27. The van der Waals surface area contributed by atoms with Gasteiger partial charge in [0, 0.05) is 10.4 Å². The van der Waals surface area contributed by atoms with Crippen LogP contribution in [0.5, 0.6) is 5.75 Å². The van der Waals surface area contributed by atoms with Gasteiger partial charge in [-0.15, -0.1) is 11.3 Å². The maximum Gasteiger partial charge on any atom is 0.203 e. The van der Waals surface area contributed by atoms with Crippen LogP contribution in [0.3, 0.4) is 0 Å². The first-order valence-electron chi connectivity index (χ1n) is 5.58. The van der Waals surface area contributed by atoms with E-state index in [0.29, 0.717) is 17.0 Å². The Morgan fingerprint density at radius 1 is 1.28 bits per heavy atom. The van der Waals surface area contributed by atoms with Crippen molar-refractivity contribution in [2.75, 3.05) is 12.8 Å². The summed E-state index contributed by atoms with van der Waals surface area (Å²) >= 11 is 1.51. The van der Waals surface area contributed by atoms with E-state index in [4.69, 9.17) is 10.5 Å². The van der Waals surface area contributed by atoms with Crippen LogP contribution in [0.15, 0.2) is 24.3 Å². The predicted molar refractivity (Wildman–Crippen MR) is 74.6 cm³/mol. The van der Waals surface area contributed by atoms with Gasteiger partial charge in [-0.3, -0.25) is 4.79 Å². The molecular weight excluding hydrogens is 246 g/mol. The number of hydrogen-bond donors (Lipinski definition) is 1. The molecule has 4 heteroatoms. The Hall–Kier alpha value is -1.81. The highest BCUT2D eigenvalue weighted by Gasteiger charge is 2.15. The molecule has 1 heterocycles. The zero-order valence-corrected chi connectivity index (χ0v) is 11.4. The summed E-state index contributed by atoms with van der Waals surface area (Å²) in [7, 11) is 1.54. The predicted octanol–water partition coefficient (Wildman–Crippen LogP) is 3.19. The number of carbonyl (C=O) groups is 1. The lowest BCUT2D eigenvalue weighted by molar-refractivity contribution is 0.104. The molecule has 0 spiro atoms. The van der Waals surface area contributed by atoms with E-state index >= 15 is 0 Å². The molecule has 1 aromatic carbocycles. The van der Waals surface area contributed by atoms with Gasteiger partial charge in [0.05, 0.1) is 17.7 Å². The van der Waals surface area contributed by atoms with Crippen molar-refractivity contribution in [2.24, 2.45) is 0 Å². The summed E-state index contributed by atoms with van der Waals surface area (Å²) < 4.78 is 5.13. The van der Waals surface area contributed by atoms with Crippen LogP contribution in [-0.2, 0) is 0 Å². The van der Waals surface area contributed by atoms with Crippen molar-refractivity contribution in [3.8, 4) is 5.75 Å². The zero-order chi connectivity index (χ0) is 13.3.